The van der Waals surface area contributed by atoms with Crippen molar-refractivity contribution in [2.45, 2.75) is 13.0 Å². The average Bonchev–Trinajstić information content (AvgIpc) is 2.99. The number of nitrogens with one attached hydrogen (secondary N) is 1. The summed E-state index contributed by atoms with van der Waals surface area (Å²) in [6.07, 6.45) is 4.10. The number of ether oxygens (including phenoxy) is 1. The van der Waals surface area contributed by atoms with Crippen LogP contribution in [0.15, 0.2) is 48.5 Å². The molecule has 0 saturated carbocycles. The van der Waals surface area contributed by atoms with Gasteiger partial charge in [0.05, 0.1) is 6.61 Å². The maximum Gasteiger partial charge on any atom is 0.244 e. The van der Waals surface area contributed by atoms with Gasteiger partial charge in [0.1, 0.15) is 11.6 Å². The Labute approximate surface area is 128 Å². The number of fused-ring (bicyclic) bond motifs is 1. The van der Waals surface area contributed by atoms with E-state index in [9.17, 15) is 9.18 Å². The fourth-order valence-corrected chi connectivity index (χ4v) is 2.37. The number of benzene rings is 2. The van der Waals surface area contributed by atoms with Gasteiger partial charge in [-0.25, -0.2) is 4.39 Å². The molecule has 1 aliphatic rings. The van der Waals surface area contributed by atoms with Crippen molar-refractivity contribution in [3.8, 4) is 5.75 Å². The first kappa shape index (κ1) is 14.3. The van der Waals surface area contributed by atoms with Gasteiger partial charge >= 0.3 is 0 Å². The van der Waals surface area contributed by atoms with Crippen LogP contribution in [0.1, 0.15) is 16.7 Å². The van der Waals surface area contributed by atoms with E-state index in [1.54, 1.807) is 24.3 Å². The quantitative estimate of drug-likeness (QED) is 0.881. The minimum atomic E-state index is -0.314. The molecule has 1 aliphatic heterocycles. The fraction of sp³-hybridized carbons (Fsp3) is 0.167. The normalized spacial score (nSPS) is 13.0. The smallest absolute Gasteiger partial charge is 0.244 e. The molecule has 2 aromatic carbocycles. The summed E-state index contributed by atoms with van der Waals surface area (Å²) in [5, 5.41) is 2.67. The summed E-state index contributed by atoms with van der Waals surface area (Å²) >= 11 is 0. The number of rotatable bonds is 4. The molecule has 0 spiro atoms. The second-order valence-electron chi connectivity index (χ2n) is 5.11. The highest BCUT2D eigenvalue weighted by Gasteiger charge is 2.11. The predicted octanol–water partition coefficient (Wildman–Crippen LogP) is 3.09. The molecule has 0 unspecified atom stereocenters. The summed E-state index contributed by atoms with van der Waals surface area (Å²) in [5.41, 5.74) is 2.58. The van der Waals surface area contributed by atoms with E-state index in [2.05, 4.69) is 5.32 Å². The first-order chi connectivity index (χ1) is 10.7. The number of hydrogen-bond acceptors (Lipinski definition) is 2. The third-order valence-corrected chi connectivity index (χ3v) is 3.55. The first-order valence-electron chi connectivity index (χ1n) is 7.17. The van der Waals surface area contributed by atoms with Crippen molar-refractivity contribution in [2.24, 2.45) is 0 Å². The van der Waals surface area contributed by atoms with Crippen molar-refractivity contribution >= 4 is 12.0 Å². The van der Waals surface area contributed by atoms with E-state index in [4.69, 9.17) is 4.74 Å². The highest BCUT2D eigenvalue weighted by atomic mass is 19.1. The van der Waals surface area contributed by atoms with Gasteiger partial charge in [-0.05, 0) is 35.4 Å². The lowest BCUT2D eigenvalue weighted by Crippen LogP contribution is -2.20. The molecule has 3 nitrogen and oxygen atoms in total. The van der Waals surface area contributed by atoms with E-state index in [0.717, 1.165) is 23.3 Å². The van der Waals surface area contributed by atoms with Crippen molar-refractivity contribution in [1.82, 2.24) is 5.32 Å². The van der Waals surface area contributed by atoms with E-state index < -0.39 is 0 Å². The van der Waals surface area contributed by atoms with Gasteiger partial charge in [0, 0.05) is 24.6 Å². The second-order valence-corrected chi connectivity index (χ2v) is 5.11. The van der Waals surface area contributed by atoms with Crippen LogP contribution in [0.3, 0.4) is 0 Å². The number of amides is 1. The molecule has 0 bridgehead atoms. The van der Waals surface area contributed by atoms with Crippen molar-refractivity contribution < 1.29 is 13.9 Å². The Hall–Kier alpha value is -2.62. The van der Waals surface area contributed by atoms with E-state index in [1.807, 2.05) is 18.2 Å². The van der Waals surface area contributed by atoms with Crippen LogP contribution in [0.25, 0.3) is 6.08 Å². The van der Waals surface area contributed by atoms with Crippen molar-refractivity contribution in [1.29, 1.82) is 0 Å². The largest absolute Gasteiger partial charge is 0.493 e. The topological polar surface area (TPSA) is 38.3 Å². The van der Waals surface area contributed by atoms with Crippen molar-refractivity contribution in [3.05, 3.63) is 71.0 Å². The number of carbonyl (C=O) groups is 1. The van der Waals surface area contributed by atoms with Gasteiger partial charge < -0.3 is 10.1 Å². The lowest BCUT2D eigenvalue weighted by Gasteiger charge is -2.04. The summed E-state index contributed by atoms with van der Waals surface area (Å²) < 4.78 is 18.9. The van der Waals surface area contributed by atoms with Gasteiger partial charge in [0.25, 0.3) is 0 Å². The molecule has 3 rings (SSSR count). The third kappa shape index (κ3) is 3.34. The number of carbonyl (C=O) groups excluding carboxylic acids is 1. The van der Waals surface area contributed by atoms with Crippen LogP contribution in [0, 0.1) is 5.82 Å². The molecule has 0 aliphatic carbocycles. The summed E-state index contributed by atoms with van der Waals surface area (Å²) in [4.78, 5) is 11.8. The zero-order chi connectivity index (χ0) is 15.4. The second kappa shape index (κ2) is 6.43. The molecule has 1 heterocycles. The highest BCUT2D eigenvalue weighted by Crippen LogP contribution is 2.26. The SMILES string of the molecule is O=C(/C=C/c1ccc2c(c1)CCO2)NCc1ccccc1F. The molecule has 0 radical (unpaired) electrons. The molecule has 0 saturated heterocycles. The minimum absolute atomic E-state index is 0.174. The lowest BCUT2D eigenvalue weighted by atomic mass is 10.1. The highest BCUT2D eigenvalue weighted by molar-refractivity contribution is 5.91. The molecular formula is C18H16FNO2. The Morgan fingerprint density at radius 3 is 3.00 bits per heavy atom. The standard InChI is InChI=1S/C18H16FNO2/c19-16-4-2-1-3-15(16)12-20-18(21)8-6-13-5-7-17-14(11-13)9-10-22-17/h1-8,11H,9-10,12H2,(H,20,21)/b8-6+. The van der Waals surface area contributed by atoms with E-state index in [1.165, 1.54) is 12.1 Å². The van der Waals surface area contributed by atoms with Gasteiger partial charge in [-0.2, -0.15) is 0 Å². The molecular weight excluding hydrogens is 281 g/mol. The monoisotopic (exact) mass is 297 g/mol. The van der Waals surface area contributed by atoms with Crippen LogP contribution in [-0.4, -0.2) is 12.5 Å². The average molecular weight is 297 g/mol. The number of hydrogen-bond donors (Lipinski definition) is 1. The third-order valence-electron chi connectivity index (χ3n) is 3.55. The minimum Gasteiger partial charge on any atom is -0.493 e. The predicted molar refractivity (Wildman–Crippen MR) is 82.9 cm³/mol. The summed E-state index contributed by atoms with van der Waals surface area (Å²) in [6.45, 7) is 0.888. The molecule has 0 aromatic heterocycles. The van der Waals surface area contributed by atoms with Gasteiger partial charge in [-0.15, -0.1) is 0 Å². The fourth-order valence-electron chi connectivity index (χ4n) is 2.37. The molecule has 112 valence electrons. The molecule has 2 aromatic rings. The van der Waals surface area contributed by atoms with Crippen LogP contribution >= 0.6 is 0 Å². The summed E-state index contributed by atoms with van der Waals surface area (Å²) in [7, 11) is 0. The Bertz CT molecular complexity index is 725. The van der Waals surface area contributed by atoms with Gasteiger partial charge in [-0.3, -0.25) is 4.79 Å². The molecule has 0 fully saturated rings. The van der Waals surface area contributed by atoms with Crippen LogP contribution in [-0.2, 0) is 17.8 Å². The van der Waals surface area contributed by atoms with Crippen LogP contribution in [0.2, 0.25) is 0 Å². The molecule has 1 amide bonds. The zero-order valence-corrected chi connectivity index (χ0v) is 12.0. The molecule has 4 heteroatoms. The van der Waals surface area contributed by atoms with E-state index >= 15 is 0 Å². The Kier molecular flexibility index (Phi) is 4.19. The van der Waals surface area contributed by atoms with Crippen LogP contribution in [0.4, 0.5) is 4.39 Å². The van der Waals surface area contributed by atoms with Crippen molar-refractivity contribution in [3.63, 3.8) is 0 Å². The molecule has 1 N–H and O–H groups in total. The Balaban J connectivity index is 1.58. The molecule has 22 heavy (non-hydrogen) atoms. The van der Waals surface area contributed by atoms with Gasteiger partial charge in [0.15, 0.2) is 0 Å². The summed E-state index contributed by atoms with van der Waals surface area (Å²) in [6, 6.07) is 12.2. The molecule has 0 atom stereocenters. The van der Waals surface area contributed by atoms with Gasteiger partial charge in [0.2, 0.25) is 5.91 Å². The maximum atomic E-state index is 13.4. The Morgan fingerprint density at radius 1 is 1.27 bits per heavy atom. The zero-order valence-electron chi connectivity index (χ0n) is 12.0. The number of halogens is 1. The van der Waals surface area contributed by atoms with Gasteiger partial charge in [-0.1, -0.05) is 24.3 Å². The summed E-state index contributed by atoms with van der Waals surface area (Å²) in [5.74, 6) is 0.353. The van der Waals surface area contributed by atoms with Crippen LogP contribution < -0.4 is 10.1 Å². The van der Waals surface area contributed by atoms with E-state index in [-0.39, 0.29) is 18.3 Å². The van der Waals surface area contributed by atoms with Crippen LogP contribution in [0.5, 0.6) is 5.75 Å². The first-order valence-corrected chi connectivity index (χ1v) is 7.17. The lowest BCUT2D eigenvalue weighted by molar-refractivity contribution is -0.116. The Morgan fingerprint density at radius 2 is 2.14 bits per heavy atom. The van der Waals surface area contributed by atoms with Crippen molar-refractivity contribution in [2.75, 3.05) is 6.61 Å². The van der Waals surface area contributed by atoms with E-state index in [0.29, 0.717) is 12.2 Å². The maximum absolute atomic E-state index is 13.4.